The number of nitrogens with one attached hydrogen (secondary N) is 1. The maximum atomic E-state index is 12.8. The van der Waals surface area contributed by atoms with E-state index in [9.17, 15) is 4.79 Å². The van der Waals surface area contributed by atoms with Crippen molar-refractivity contribution < 1.29 is 9.53 Å². The van der Waals surface area contributed by atoms with Crippen LogP contribution in [0.4, 0.5) is 0 Å². The number of hydrogen-bond donors (Lipinski definition) is 1. The molecule has 2 aliphatic heterocycles. The fraction of sp³-hybridized carbons (Fsp3) is 0.435. The lowest BCUT2D eigenvalue weighted by atomic mass is 10.1. The number of amides is 1. The standard InChI is InChI=1S/C23H28N2O2/c1-17-4-2-6-19(12-17)16-27-22-7-3-5-18(13-22)14-23(26)25-11-10-20-8-9-21(15-25)24-20/h2-7,12-13,20-21,24H,8-11,14-16H2,1H3. The van der Waals surface area contributed by atoms with Gasteiger partial charge in [-0.3, -0.25) is 4.79 Å². The molecular formula is C23H28N2O2. The zero-order valence-electron chi connectivity index (χ0n) is 16.0. The van der Waals surface area contributed by atoms with Gasteiger partial charge in [0.05, 0.1) is 6.42 Å². The molecule has 0 saturated carbocycles. The van der Waals surface area contributed by atoms with Gasteiger partial charge in [0.25, 0.3) is 0 Å². The first-order valence-corrected chi connectivity index (χ1v) is 9.97. The fourth-order valence-electron chi connectivity index (χ4n) is 4.17. The lowest BCUT2D eigenvalue weighted by Crippen LogP contribution is -2.39. The van der Waals surface area contributed by atoms with E-state index in [-0.39, 0.29) is 5.91 Å². The summed E-state index contributed by atoms with van der Waals surface area (Å²) in [6.07, 6.45) is 3.96. The minimum absolute atomic E-state index is 0.222. The number of nitrogens with zero attached hydrogens (tertiary/aromatic N) is 1. The maximum absolute atomic E-state index is 12.8. The molecule has 27 heavy (non-hydrogen) atoms. The maximum Gasteiger partial charge on any atom is 0.227 e. The summed E-state index contributed by atoms with van der Waals surface area (Å²) in [5.41, 5.74) is 3.41. The number of ether oxygens (including phenoxy) is 1. The van der Waals surface area contributed by atoms with Crippen LogP contribution in [0.3, 0.4) is 0 Å². The van der Waals surface area contributed by atoms with Gasteiger partial charge in [-0.05, 0) is 49.4 Å². The van der Waals surface area contributed by atoms with Gasteiger partial charge in [-0.2, -0.15) is 0 Å². The van der Waals surface area contributed by atoms with Crippen molar-refractivity contribution in [2.24, 2.45) is 0 Å². The van der Waals surface area contributed by atoms with Gasteiger partial charge < -0.3 is 15.0 Å². The highest BCUT2D eigenvalue weighted by Gasteiger charge is 2.30. The molecule has 0 spiro atoms. The molecule has 2 aromatic rings. The Bertz CT molecular complexity index is 804. The van der Waals surface area contributed by atoms with Crippen molar-refractivity contribution >= 4 is 5.91 Å². The molecule has 2 aromatic carbocycles. The Morgan fingerprint density at radius 1 is 1.07 bits per heavy atom. The average Bonchev–Trinajstić information content (AvgIpc) is 2.99. The van der Waals surface area contributed by atoms with Gasteiger partial charge in [0, 0.05) is 25.2 Å². The minimum Gasteiger partial charge on any atom is -0.489 e. The molecular weight excluding hydrogens is 336 g/mol. The predicted octanol–water partition coefficient (Wildman–Crippen LogP) is 3.47. The number of carbonyl (C=O) groups is 1. The smallest absolute Gasteiger partial charge is 0.227 e. The zero-order valence-corrected chi connectivity index (χ0v) is 16.0. The summed E-state index contributed by atoms with van der Waals surface area (Å²) < 4.78 is 5.94. The van der Waals surface area contributed by atoms with Crippen LogP contribution in [0.25, 0.3) is 0 Å². The second-order valence-electron chi connectivity index (χ2n) is 7.87. The summed E-state index contributed by atoms with van der Waals surface area (Å²) in [5.74, 6) is 1.04. The van der Waals surface area contributed by atoms with E-state index in [1.165, 1.54) is 18.4 Å². The van der Waals surface area contributed by atoms with Gasteiger partial charge >= 0.3 is 0 Å². The molecule has 1 amide bonds. The van der Waals surface area contributed by atoms with Gasteiger partial charge in [-0.1, -0.05) is 42.0 Å². The van der Waals surface area contributed by atoms with E-state index in [1.54, 1.807) is 0 Å². The van der Waals surface area contributed by atoms with Crippen LogP contribution in [0.1, 0.15) is 36.0 Å². The molecule has 2 saturated heterocycles. The molecule has 2 atom stereocenters. The quantitative estimate of drug-likeness (QED) is 0.883. The third-order valence-electron chi connectivity index (χ3n) is 5.62. The van der Waals surface area contributed by atoms with E-state index in [2.05, 4.69) is 30.4 Å². The molecule has 2 unspecified atom stereocenters. The second kappa shape index (κ2) is 8.13. The second-order valence-corrected chi connectivity index (χ2v) is 7.87. The lowest BCUT2D eigenvalue weighted by Gasteiger charge is -2.24. The van der Waals surface area contributed by atoms with Crippen molar-refractivity contribution in [1.82, 2.24) is 10.2 Å². The molecule has 2 fully saturated rings. The predicted molar refractivity (Wildman–Crippen MR) is 107 cm³/mol. The van der Waals surface area contributed by atoms with Crippen molar-refractivity contribution in [2.75, 3.05) is 13.1 Å². The summed E-state index contributed by atoms with van der Waals surface area (Å²) in [6, 6.07) is 17.4. The first-order chi connectivity index (χ1) is 13.2. The number of rotatable bonds is 5. The van der Waals surface area contributed by atoms with E-state index in [1.807, 2.05) is 35.2 Å². The first-order valence-electron chi connectivity index (χ1n) is 9.97. The van der Waals surface area contributed by atoms with Gasteiger partial charge in [0.1, 0.15) is 12.4 Å². The summed E-state index contributed by atoms with van der Waals surface area (Å²) in [5, 5.41) is 3.63. The third-order valence-corrected chi connectivity index (χ3v) is 5.62. The Morgan fingerprint density at radius 2 is 1.89 bits per heavy atom. The van der Waals surface area contributed by atoms with Crippen molar-refractivity contribution in [3.63, 3.8) is 0 Å². The Hall–Kier alpha value is -2.33. The van der Waals surface area contributed by atoms with E-state index in [0.29, 0.717) is 25.1 Å². The van der Waals surface area contributed by atoms with Gasteiger partial charge in [0.15, 0.2) is 0 Å². The molecule has 4 nitrogen and oxygen atoms in total. The highest BCUT2D eigenvalue weighted by molar-refractivity contribution is 5.79. The van der Waals surface area contributed by atoms with Gasteiger partial charge in [-0.25, -0.2) is 0 Å². The molecule has 2 aliphatic rings. The largest absolute Gasteiger partial charge is 0.489 e. The van der Waals surface area contributed by atoms with Crippen LogP contribution in [0.15, 0.2) is 48.5 Å². The number of carbonyl (C=O) groups excluding carboxylic acids is 1. The lowest BCUT2D eigenvalue weighted by molar-refractivity contribution is -0.130. The number of likely N-dealkylation sites (tertiary alicyclic amines) is 1. The Kier molecular flexibility index (Phi) is 5.44. The highest BCUT2D eigenvalue weighted by Crippen LogP contribution is 2.22. The number of fused-ring (bicyclic) bond motifs is 2. The van der Waals surface area contributed by atoms with Crippen LogP contribution in [0.2, 0.25) is 0 Å². The van der Waals surface area contributed by atoms with Crippen molar-refractivity contribution in [3.05, 3.63) is 65.2 Å². The van der Waals surface area contributed by atoms with Crippen LogP contribution in [-0.2, 0) is 17.8 Å². The number of aryl methyl sites for hydroxylation is 1. The SMILES string of the molecule is Cc1cccc(COc2cccc(CC(=O)N3CCC4CCC(C3)N4)c2)c1. The summed E-state index contributed by atoms with van der Waals surface area (Å²) in [7, 11) is 0. The zero-order chi connectivity index (χ0) is 18.6. The monoisotopic (exact) mass is 364 g/mol. The Morgan fingerprint density at radius 3 is 2.78 bits per heavy atom. The van der Waals surface area contributed by atoms with Crippen molar-refractivity contribution in [2.45, 2.75) is 51.3 Å². The minimum atomic E-state index is 0.222. The summed E-state index contributed by atoms with van der Waals surface area (Å²) in [4.78, 5) is 14.8. The molecule has 0 aromatic heterocycles. The summed E-state index contributed by atoms with van der Waals surface area (Å²) >= 11 is 0. The summed E-state index contributed by atoms with van der Waals surface area (Å²) in [6.45, 7) is 4.34. The number of benzene rings is 2. The molecule has 4 rings (SSSR count). The number of hydrogen-bond acceptors (Lipinski definition) is 3. The fourth-order valence-corrected chi connectivity index (χ4v) is 4.17. The van der Waals surface area contributed by atoms with E-state index >= 15 is 0 Å². The molecule has 142 valence electrons. The van der Waals surface area contributed by atoms with Crippen LogP contribution >= 0.6 is 0 Å². The normalized spacial score (nSPS) is 21.7. The van der Waals surface area contributed by atoms with Crippen molar-refractivity contribution in [1.29, 1.82) is 0 Å². The Balaban J connectivity index is 1.35. The van der Waals surface area contributed by atoms with Crippen LogP contribution in [0.5, 0.6) is 5.75 Å². The van der Waals surface area contributed by atoms with Crippen LogP contribution in [0, 0.1) is 6.92 Å². The van der Waals surface area contributed by atoms with E-state index in [0.717, 1.165) is 36.4 Å². The molecule has 1 N–H and O–H groups in total. The molecule has 2 heterocycles. The molecule has 2 bridgehead atoms. The van der Waals surface area contributed by atoms with Gasteiger partial charge in [0.2, 0.25) is 5.91 Å². The topological polar surface area (TPSA) is 41.6 Å². The van der Waals surface area contributed by atoms with E-state index < -0.39 is 0 Å². The third kappa shape index (κ3) is 4.69. The van der Waals surface area contributed by atoms with E-state index in [4.69, 9.17) is 4.74 Å². The van der Waals surface area contributed by atoms with Crippen molar-refractivity contribution in [3.8, 4) is 5.75 Å². The Labute approximate surface area is 161 Å². The molecule has 0 aliphatic carbocycles. The first kappa shape index (κ1) is 18.1. The van der Waals surface area contributed by atoms with Gasteiger partial charge in [-0.15, -0.1) is 0 Å². The molecule has 0 radical (unpaired) electrons. The highest BCUT2D eigenvalue weighted by atomic mass is 16.5. The average molecular weight is 364 g/mol. The van der Waals surface area contributed by atoms with Crippen LogP contribution < -0.4 is 10.1 Å². The molecule has 4 heteroatoms. The van der Waals surface area contributed by atoms with Crippen LogP contribution in [-0.4, -0.2) is 36.0 Å².